The quantitative estimate of drug-likeness (QED) is 0.526. The molecule has 0 aliphatic heterocycles. The number of non-ortho nitro benzene ring substituents is 1. The van der Waals surface area contributed by atoms with Crippen LogP contribution < -0.4 is 5.32 Å². The van der Waals surface area contributed by atoms with Crippen molar-refractivity contribution in [2.45, 2.75) is 18.7 Å². The molecule has 5 nitrogen and oxygen atoms in total. The number of carbonyl (C=O) groups excluding carboxylic acids is 1. The van der Waals surface area contributed by atoms with E-state index >= 15 is 0 Å². The molecule has 0 saturated heterocycles. The Labute approximate surface area is 112 Å². The number of nitrogens with one attached hydrogen (secondary N) is 1. The molecule has 0 spiro atoms. The smallest absolute Gasteiger partial charge is 0.271 e. The maximum Gasteiger partial charge on any atom is 0.271 e. The Morgan fingerprint density at radius 3 is 2.61 bits per heavy atom. The average Bonchev–Trinajstić information content (AvgIpc) is 2.30. The molecule has 18 heavy (non-hydrogen) atoms. The van der Waals surface area contributed by atoms with Crippen molar-refractivity contribution in [3.8, 4) is 0 Å². The molecule has 0 aliphatic carbocycles. The van der Waals surface area contributed by atoms with Crippen LogP contribution in [0.3, 0.4) is 0 Å². The summed E-state index contributed by atoms with van der Waals surface area (Å²) in [4.78, 5) is 21.1. The molecular formula is C11H12BrFN2O3. The number of nitro benzene ring substituents is 1. The van der Waals surface area contributed by atoms with Gasteiger partial charge in [0.1, 0.15) is 5.82 Å². The summed E-state index contributed by atoms with van der Waals surface area (Å²) in [6.45, 7) is 3.64. The molecule has 0 bridgehead atoms. The normalized spacial score (nSPS) is 12.3. The number of amides is 1. The van der Waals surface area contributed by atoms with E-state index in [0.29, 0.717) is 0 Å². The first-order valence-corrected chi connectivity index (χ1v) is 6.13. The number of nitro groups is 1. The lowest BCUT2D eigenvalue weighted by atomic mass is 10.1. The Balaban J connectivity index is 2.93. The van der Waals surface area contributed by atoms with Crippen LogP contribution in [0.15, 0.2) is 18.2 Å². The zero-order valence-corrected chi connectivity index (χ0v) is 11.4. The molecule has 1 aromatic carbocycles. The van der Waals surface area contributed by atoms with E-state index in [4.69, 9.17) is 0 Å². The van der Waals surface area contributed by atoms with Gasteiger partial charge in [0.2, 0.25) is 5.91 Å². The number of rotatable bonds is 4. The fraction of sp³-hybridized carbons (Fsp3) is 0.364. The lowest BCUT2D eigenvalue weighted by Gasteiger charge is -2.14. The number of carbonyl (C=O) groups is 1. The molecule has 7 heteroatoms. The van der Waals surface area contributed by atoms with Gasteiger partial charge in [0.25, 0.3) is 5.69 Å². The minimum absolute atomic E-state index is 0.0201. The van der Waals surface area contributed by atoms with E-state index < -0.39 is 21.5 Å². The van der Waals surface area contributed by atoms with Crippen LogP contribution in [0, 0.1) is 21.8 Å². The molecule has 0 radical (unpaired) electrons. The minimum Gasteiger partial charge on any atom is -0.322 e. The van der Waals surface area contributed by atoms with Gasteiger partial charge in [-0.2, -0.15) is 0 Å². The van der Waals surface area contributed by atoms with E-state index in [1.165, 1.54) is 0 Å². The zero-order valence-electron chi connectivity index (χ0n) is 9.81. The van der Waals surface area contributed by atoms with Gasteiger partial charge in [-0.3, -0.25) is 14.9 Å². The Bertz CT molecular complexity index is 479. The molecule has 1 atom stereocenters. The molecule has 1 amide bonds. The number of benzene rings is 1. The maximum atomic E-state index is 13.4. The molecule has 0 aliphatic rings. The van der Waals surface area contributed by atoms with Crippen LogP contribution in [0.25, 0.3) is 0 Å². The molecule has 98 valence electrons. The second-order valence-corrected chi connectivity index (χ2v) is 5.04. The monoisotopic (exact) mass is 318 g/mol. The summed E-state index contributed by atoms with van der Waals surface area (Å²) in [5.74, 6) is -1.13. The Hall–Kier alpha value is -1.50. The van der Waals surface area contributed by atoms with Gasteiger partial charge >= 0.3 is 0 Å². The summed E-state index contributed by atoms with van der Waals surface area (Å²) >= 11 is 3.17. The number of alkyl halides is 1. The van der Waals surface area contributed by atoms with Crippen molar-refractivity contribution >= 4 is 33.2 Å². The van der Waals surface area contributed by atoms with Crippen molar-refractivity contribution in [3.05, 3.63) is 34.1 Å². The van der Waals surface area contributed by atoms with Gasteiger partial charge in [0.05, 0.1) is 15.4 Å². The SMILES string of the molecule is CC(C)C(Br)C(=O)Nc1cc([N+](=O)[O-])ccc1F. The number of halogens is 2. The summed E-state index contributed by atoms with van der Waals surface area (Å²) in [6, 6.07) is 2.98. The van der Waals surface area contributed by atoms with Crippen LogP contribution in [0.2, 0.25) is 0 Å². The van der Waals surface area contributed by atoms with Crippen LogP contribution in [-0.4, -0.2) is 15.7 Å². The van der Waals surface area contributed by atoms with Crippen molar-refractivity contribution < 1.29 is 14.1 Å². The maximum absolute atomic E-state index is 13.4. The first-order valence-electron chi connectivity index (χ1n) is 5.21. The van der Waals surface area contributed by atoms with Crippen LogP contribution in [-0.2, 0) is 4.79 Å². The van der Waals surface area contributed by atoms with E-state index in [0.717, 1.165) is 18.2 Å². The summed E-state index contributed by atoms with van der Waals surface area (Å²) in [6.07, 6.45) is 0. The Morgan fingerprint density at radius 1 is 1.50 bits per heavy atom. The van der Waals surface area contributed by atoms with E-state index in [1.807, 2.05) is 13.8 Å². The van der Waals surface area contributed by atoms with Gasteiger partial charge < -0.3 is 5.32 Å². The van der Waals surface area contributed by atoms with Crippen LogP contribution in [0.1, 0.15) is 13.8 Å². The summed E-state index contributed by atoms with van der Waals surface area (Å²) < 4.78 is 13.4. The molecule has 0 heterocycles. The highest BCUT2D eigenvalue weighted by Gasteiger charge is 2.20. The van der Waals surface area contributed by atoms with Crippen LogP contribution in [0.5, 0.6) is 0 Å². The number of hydrogen-bond acceptors (Lipinski definition) is 3. The molecule has 1 N–H and O–H groups in total. The lowest BCUT2D eigenvalue weighted by molar-refractivity contribution is -0.384. The molecule has 0 aromatic heterocycles. The minimum atomic E-state index is -0.711. The van der Waals surface area contributed by atoms with Crippen molar-refractivity contribution in [2.24, 2.45) is 5.92 Å². The van der Waals surface area contributed by atoms with Crippen LogP contribution >= 0.6 is 15.9 Å². The number of nitrogens with zero attached hydrogens (tertiary/aromatic N) is 1. The average molecular weight is 319 g/mol. The van der Waals surface area contributed by atoms with Gasteiger partial charge in [0, 0.05) is 12.1 Å². The second kappa shape index (κ2) is 5.90. The molecule has 0 saturated carbocycles. The predicted molar refractivity (Wildman–Crippen MR) is 69.2 cm³/mol. The summed E-state index contributed by atoms with van der Waals surface area (Å²) in [5, 5.41) is 12.9. The summed E-state index contributed by atoms with van der Waals surface area (Å²) in [7, 11) is 0. The summed E-state index contributed by atoms with van der Waals surface area (Å²) in [5.41, 5.74) is -0.471. The van der Waals surface area contributed by atoms with E-state index in [9.17, 15) is 19.3 Å². The number of hydrogen-bond donors (Lipinski definition) is 1. The highest BCUT2D eigenvalue weighted by Crippen LogP contribution is 2.22. The largest absolute Gasteiger partial charge is 0.322 e. The third kappa shape index (κ3) is 3.49. The molecule has 1 unspecified atom stereocenters. The van der Waals surface area contributed by atoms with E-state index in [2.05, 4.69) is 21.2 Å². The first-order chi connectivity index (χ1) is 8.32. The fourth-order valence-corrected chi connectivity index (χ4v) is 1.34. The third-order valence-corrected chi connectivity index (χ3v) is 3.73. The molecular weight excluding hydrogens is 307 g/mol. The Kier molecular flexibility index (Phi) is 4.77. The van der Waals surface area contributed by atoms with Crippen molar-refractivity contribution in [2.75, 3.05) is 5.32 Å². The van der Waals surface area contributed by atoms with Gasteiger partial charge in [-0.1, -0.05) is 29.8 Å². The zero-order chi connectivity index (χ0) is 13.9. The van der Waals surface area contributed by atoms with Crippen molar-refractivity contribution in [1.29, 1.82) is 0 Å². The van der Waals surface area contributed by atoms with Crippen LogP contribution in [0.4, 0.5) is 15.8 Å². The Morgan fingerprint density at radius 2 is 2.11 bits per heavy atom. The van der Waals surface area contributed by atoms with E-state index in [1.54, 1.807) is 0 Å². The molecule has 1 rings (SSSR count). The highest BCUT2D eigenvalue weighted by atomic mass is 79.9. The lowest BCUT2D eigenvalue weighted by Crippen LogP contribution is -2.27. The van der Waals surface area contributed by atoms with E-state index in [-0.39, 0.29) is 17.3 Å². The van der Waals surface area contributed by atoms with Crippen molar-refractivity contribution in [1.82, 2.24) is 0 Å². The third-order valence-electron chi connectivity index (χ3n) is 2.25. The highest BCUT2D eigenvalue weighted by molar-refractivity contribution is 9.10. The predicted octanol–water partition coefficient (Wildman–Crippen LogP) is 3.09. The molecule has 0 fully saturated rings. The fourth-order valence-electron chi connectivity index (χ4n) is 1.23. The standard InChI is InChI=1S/C11H12BrFN2O3/c1-6(2)10(12)11(16)14-9-5-7(15(17)18)3-4-8(9)13/h3-6,10H,1-2H3,(H,14,16). The molecule has 1 aromatic rings. The topological polar surface area (TPSA) is 72.2 Å². The van der Waals surface area contributed by atoms with Crippen molar-refractivity contribution in [3.63, 3.8) is 0 Å². The first kappa shape index (κ1) is 14.6. The van der Waals surface area contributed by atoms with Gasteiger partial charge in [0.15, 0.2) is 0 Å². The second-order valence-electron chi connectivity index (χ2n) is 4.06. The van der Waals surface area contributed by atoms with Gasteiger partial charge in [-0.15, -0.1) is 0 Å². The van der Waals surface area contributed by atoms with Gasteiger partial charge in [-0.25, -0.2) is 4.39 Å². The number of anilines is 1. The van der Waals surface area contributed by atoms with Gasteiger partial charge in [-0.05, 0) is 12.0 Å².